The van der Waals surface area contributed by atoms with Crippen molar-refractivity contribution in [2.45, 2.75) is 145 Å². The average molecular weight is 607 g/mol. The largest absolute Gasteiger partial charge is 0.370 e. The van der Waals surface area contributed by atoms with Gasteiger partial charge in [0, 0.05) is 24.0 Å². The van der Waals surface area contributed by atoms with Crippen LogP contribution in [0.3, 0.4) is 0 Å². The highest BCUT2D eigenvalue weighted by Gasteiger charge is 2.69. The highest BCUT2D eigenvalue weighted by atomic mass is 15.2. The lowest BCUT2D eigenvalue weighted by atomic mass is 9.35. The van der Waals surface area contributed by atoms with Crippen molar-refractivity contribution >= 4 is 0 Å². The molecule has 0 aromatic carbocycles. The summed E-state index contributed by atoms with van der Waals surface area (Å²) in [7, 11) is 4.43. The van der Waals surface area contributed by atoms with Gasteiger partial charge in [-0.1, -0.05) is 119 Å². The van der Waals surface area contributed by atoms with Crippen molar-refractivity contribution in [3.8, 4) is 0 Å². The number of allylic oxidation sites excluding steroid dienone is 4. The molecule has 0 bridgehead atoms. The summed E-state index contributed by atoms with van der Waals surface area (Å²) in [6, 6.07) is 0. The van der Waals surface area contributed by atoms with Crippen LogP contribution in [0, 0.1) is 44.8 Å². The Balaban J connectivity index is 0.00000259. The van der Waals surface area contributed by atoms with Crippen molar-refractivity contribution in [3.63, 3.8) is 0 Å². The third kappa shape index (κ3) is 5.86. The van der Waals surface area contributed by atoms with Crippen molar-refractivity contribution in [2.24, 2.45) is 44.8 Å². The number of nitrogens with zero attached hydrogens (tertiary/aromatic N) is 2. The molecule has 252 valence electrons. The molecule has 0 aliphatic heterocycles. The SMILES string of the molecule is C=CN(CCN(C)C)C12CCC3C(C(=C)C=C4C3(C)CCC(C(C)(C)C=C)C4(C)CCC)C1(CCC)CC(C)(C)CC2.CC. The van der Waals surface area contributed by atoms with Crippen molar-refractivity contribution in [3.05, 3.63) is 49.2 Å². The Labute approximate surface area is 275 Å². The molecule has 7 atom stereocenters. The Hall–Kier alpha value is -1.28. The van der Waals surface area contributed by atoms with E-state index in [-0.39, 0.29) is 27.2 Å². The van der Waals surface area contributed by atoms with E-state index in [0.717, 1.165) is 13.1 Å². The fraction of sp³-hybridized carbons (Fsp3) is 0.810. The first-order chi connectivity index (χ1) is 20.5. The van der Waals surface area contributed by atoms with E-state index in [1.54, 1.807) is 5.57 Å². The van der Waals surface area contributed by atoms with Crippen LogP contribution in [0.4, 0.5) is 0 Å². The van der Waals surface area contributed by atoms with Gasteiger partial charge in [-0.15, -0.1) is 6.58 Å². The minimum atomic E-state index is 0.125. The second-order valence-electron chi connectivity index (χ2n) is 17.4. The van der Waals surface area contributed by atoms with Crippen LogP contribution >= 0.6 is 0 Å². The molecule has 4 aliphatic rings. The Bertz CT molecular complexity index is 1060. The molecule has 0 heterocycles. The van der Waals surface area contributed by atoms with Crippen LogP contribution in [-0.2, 0) is 0 Å². The molecule has 3 fully saturated rings. The molecular formula is C42H74N2. The van der Waals surface area contributed by atoms with Crippen molar-refractivity contribution in [1.82, 2.24) is 9.80 Å². The first kappa shape index (κ1) is 37.2. The zero-order chi connectivity index (χ0) is 33.4. The van der Waals surface area contributed by atoms with Crippen LogP contribution in [0.15, 0.2) is 49.2 Å². The van der Waals surface area contributed by atoms with Crippen LogP contribution in [-0.4, -0.2) is 42.5 Å². The van der Waals surface area contributed by atoms with Crippen LogP contribution in [0.1, 0.15) is 140 Å². The fourth-order valence-corrected chi connectivity index (χ4v) is 12.1. The van der Waals surface area contributed by atoms with Crippen molar-refractivity contribution < 1.29 is 0 Å². The first-order valence-electron chi connectivity index (χ1n) is 18.6. The van der Waals surface area contributed by atoms with E-state index in [1.807, 2.05) is 13.8 Å². The van der Waals surface area contributed by atoms with Crippen LogP contribution in [0.2, 0.25) is 0 Å². The summed E-state index contributed by atoms with van der Waals surface area (Å²) in [5, 5.41) is 0. The molecule has 0 aromatic rings. The maximum absolute atomic E-state index is 5.06. The molecule has 2 nitrogen and oxygen atoms in total. The van der Waals surface area contributed by atoms with Crippen LogP contribution < -0.4 is 0 Å². The van der Waals surface area contributed by atoms with Gasteiger partial charge in [-0.05, 0) is 117 Å². The Morgan fingerprint density at radius 1 is 0.909 bits per heavy atom. The molecule has 0 radical (unpaired) electrons. The van der Waals surface area contributed by atoms with Gasteiger partial charge in [0.25, 0.3) is 0 Å². The number of fused-ring (bicyclic) bond motifs is 5. The standard InChI is InChI=1S/C40H68N2.C2H6/c1-14-20-38(11)32(36(8,9)16-3)19-22-37(10)31-18-23-40(42(17-4)27-26-41(12)13)25-24-35(6,7)29-39(40,21-15-2)34(31)30(5)28-33(37)38;1-2/h16-17,28,31-32,34H,3-5,14-15,18-27,29H2,1-2,6-13H3;1-2H3. The summed E-state index contributed by atoms with van der Waals surface area (Å²) in [6.45, 7) is 40.2. The number of rotatable bonds is 11. The van der Waals surface area contributed by atoms with Crippen LogP contribution in [0.25, 0.3) is 0 Å². The normalized spacial score (nSPS) is 37.9. The third-order valence-electron chi connectivity index (χ3n) is 13.8. The number of likely N-dealkylation sites (N-methyl/N-ethyl adjacent to an activating group) is 1. The predicted octanol–water partition coefficient (Wildman–Crippen LogP) is 11.7. The highest BCUT2D eigenvalue weighted by Crippen LogP contribution is 2.74. The molecule has 0 aromatic heterocycles. The quantitative estimate of drug-likeness (QED) is 0.216. The van der Waals surface area contributed by atoms with Crippen LogP contribution in [0.5, 0.6) is 0 Å². The molecule has 0 amide bonds. The third-order valence-corrected chi connectivity index (χ3v) is 13.8. The van der Waals surface area contributed by atoms with E-state index >= 15 is 0 Å². The monoisotopic (exact) mass is 607 g/mol. The van der Waals surface area contributed by atoms with E-state index in [2.05, 4.69) is 111 Å². The molecule has 0 saturated heterocycles. The second-order valence-corrected chi connectivity index (χ2v) is 17.4. The van der Waals surface area contributed by atoms with E-state index in [0.29, 0.717) is 23.2 Å². The highest BCUT2D eigenvalue weighted by molar-refractivity contribution is 5.43. The molecule has 0 spiro atoms. The summed E-state index contributed by atoms with van der Waals surface area (Å²) in [5.41, 5.74) is 4.48. The lowest BCUT2D eigenvalue weighted by Gasteiger charge is -2.72. The van der Waals surface area contributed by atoms with Gasteiger partial charge in [0.05, 0.1) is 0 Å². The van der Waals surface area contributed by atoms with Gasteiger partial charge >= 0.3 is 0 Å². The minimum Gasteiger partial charge on any atom is -0.370 e. The topological polar surface area (TPSA) is 6.48 Å². The van der Waals surface area contributed by atoms with E-state index in [4.69, 9.17) is 6.58 Å². The Kier molecular flexibility index (Phi) is 11.4. The average Bonchev–Trinajstić information content (AvgIpc) is 2.95. The maximum Gasteiger partial charge on any atom is 0.0459 e. The number of hydrogen-bond acceptors (Lipinski definition) is 2. The van der Waals surface area contributed by atoms with E-state index in [1.165, 1.54) is 76.2 Å². The van der Waals surface area contributed by atoms with Gasteiger partial charge in [0.1, 0.15) is 0 Å². The predicted molar refractivity (Wildman–Crippen MR) is 196 cm³/mol. The smallest absolute Gasteiger partial charge is 0.0459 e. The van der Waals surface area contributed by atoms with Crippen molar-refractivity contribution in [2.75, 3.05) is 27.2 Å². The maximum atomic E-state index is 5.06. The second kappa shape index (κ2) is 13.4. The van der Waals surface area contributed by atoms with E-state index in [9.17, 15) is 0 Å². The molecule has 0 N–H and O–H groups in total. The summed E-state index contributed by atoms with van der Waals surface area (Å²) in [6.07, 6.45) is 21.3. The Morgan fingerprint density at radius 3 is 2.09 bits per heavy atom. The zero-order valence-corrected chi connectivity index (χ0v) is 31.7. The molecule has 7 unspecified atom stereocenters. The zero-order valence-electron chi connectivity index (χ0n) is 31.7. The molecular weight excluding hydrogens is 532 g/mol. The first-order valence-corrected chi connectivity index (χ1v) is 18.6. The molecule has 4 rings (SSSR count). The van der Waals surface area contributed by atoms with Gasteiger partial charge in [-0.3, -0.25) is 0 Å². The molecule has 3 saturated carbocycles. The fourth-order valence-electron chi connectivity index (χ4n) is 12.1. The summed E-state index contributed by atoms with van der Waals surface area (Å²) in [4.78, 5) is 5.11. The van der Waals surface area contributed by atoms with Gasteiger partial charge < -0.3 is 9.80 Å². The Morgan fingerprint density at radius 2 is 1.55 bits per heavy atom. The molecule has 44 heavy (non-hydrogen) atoms. The number of hydrogen-bond donors (Lipinski definition) is 0. The lowest BCUT2D eigenvalue weighted by molar-refractivity contribution is -0.177. The molecule has 4 aliphatic carbocycles. The van der Waals surface area contributed by atoms with Crippen molar-refractivity contribution in [1.29, 1.82) is 0 Å². The van der Waals surface area contributed by atoms with Gasteiger partial charge in [-0.25, -0.2) is 0 Å². The summed E-state index contributed by atoms with van der Waals surface area (Å²) >= 11 is 0. The van der Waals surface area contributed by atoms with Gasteiger partial charge in [0.15, 0.2) is 0 Å². The minimum absolute atomic E-state index is 0.125. The lowest BCUT2D eigenvalue weighted by Crippen LogP contribution is -2.70. The van der Waals surface area contributed by atoms with Gasteiger partial charge in [0.2, 0.25) is 0 Å². The summed E-state index contributed by atoms with van der Waals surface area (Å²) < 4.78 is 0. The summed E-state index contributed by atoms with van der Waals surface area (Å²) in [5.74, 6) is 1.83. The van der Waals surface area contributed by atoms with Gasteiger partial charge in [-0.2, -0.15) is 0 Å². The molecule has 2 heteroatoms. The van der Waals surface area contributed by atoms with E-state index < -0.39 is 0 Å².